The van der Waals surface area contributed by atoms with Gasteiger partial charge < -0.3 is 24.8 Å². The van der Waals surface area contributed by atoms with Crippen molar-refractivity contribution in [3.63, 3.8) is 0 Å². The van der Waals surface area contributed by atoms with E-state index in [1.54, 1.807) is 18.3 Å². The van der Waals surface area contributed by atoms with E-state index in [1.807, 2.05) is 18.5 Å². The normalized spacial score (nSPS) is 18.8. The molecule has 3 heterocycles. The number of rotatable bonds is 11. The number of hydrogen-bond donors (Lipinski definition) is 2. The molecule has 246 valence electrons. The molecular weight excluding hydrogens is 612 g/mol. The summed E-state index contributed by atoms with van der Waals surface area (Å²) in [7, 11) is -1.19. The fraction of sp³-hybridized carbons (Fsp3) is 0.515. The summed E-state index contributed by atoms with van der Waals surface area (Å²) < 4.78 is 47.6. The maximum absolute atomic E-state index is 14.5. The first-order valence-electron chi connectivity index (χ1n) is 15.8. The first kappa shape index (κ1) is 32.1. The molecule has 2 amide bonds. The smallest absolute Gasteiger partial charge is 0.408 e. The molecule has 3 aliphatic rings. The second-order valence-electron chi connectivity index (χ2n) is 14.0. The molecule has 1 spiro atoms. The third-order valence-corrected chi connectivity index (χ3v) is 10.7. The number of fused-ring (bicyclic) bond motifs is 1. The predicted octanol–water partition coefficient (Wildman–Crippen LogP) is 6.30. The zero-order chi connectivity index (χ0) is 32.8. The molecule has 0 bridgehead atoms. The predicted molar refractivity (Wildman–Crippen MR) is 170 cm³/mol. The number of carbonyl (C=O) groups excluding carboxylic acids is 2. The van der Waals surface area contributed by atoms with Crippen LogP contribution in [0.2, 0.25) is 25.7 Å². The topological polar surface area (TPSA) is 117 Å². The minimum atomic E-state index is -1.19. The van der Waals surface area contributed by atoms with Crippen molar-refractivity contribution in [2.75, 3.05) is 18.5 Å². The maximum atomic E-state index is 14.5. The molecule has 2 atom stereocenters. The van der Waals surface area contributed by atoms with Gasteiger partial charge >= 0.3 is 6.09 Å². The Kier molecular flexibility index (Phi) is 8.66. The molecule has 1 aliphatic heterocycles. The van der Waals surface area contributed by atoms with Gasteiger partial charge in [0.1, 0.15) is 24.6 Å². The molecule has 0 radical (unpaired) electrons. The van der Waals surface area contributed by atoms with E-state index < -0.39 is 49.1 Å². The number of ether oxygens (including phenoxy) is 3. The number of nitrogens with one attached hydrogen (secondary N) is 2. The summed E-state index contributed by atoms with van der Waals surface area (Å²) in [5.74, 6) is -3.10. The van der Waals surface area contributed by atoms with Gasteiger partial charge in [-0.1, -0.05) is 19.6 Å². The number of anilines is 1. The minimum Gasteiger partial charge on any atom is -0.493 e. The van der Waals surface area contributed by atoms with Gasteiger partial charge in [-0.25, -0.2) is 18.3 Å². The lowest BCUT2D eigenvalue weighted by Gasteiger charge is -2.38. The van der Waals surface area contributed by atoms with E-state index in [0.717, 1.165) is 48.0 Å². The number of aryl methyl sites for hydroxylation is 1. The van der Waals surface area contributed by atoms with Crippen LogP contribution in [0.15, 0.2) is 30.5 Å². The van der Waals surface area contributed by atoms with Crippen LogP contribution in [0.1, 0.15) is 48.6 Å². The monoisotopic (exact) mass is 653 g/mol. The number of halogens is 2. The molecule has 0 saturated heterocycles. The van der Waals surface area contributed by atoms with Crippen LogP contribution in [-0.2, 0) is 21.0 Å². The van der Waals surface area contributed by atoms with Crippen LogP contribution in [0.25, 0.3) is 11.3 Å². The van der Waals surface area contributed by atoms with Gasteiger partial charge in [0, 0.05) is 48.9 Å². The standard InChI is InChI=1S/C33H41F2N5O5Si/c1-19-28(20(2)40(39-19)18-43-12-13-46(3,4)5)26-9-6-21(16-36-26)37-31(41)30(38-32(42)45-22-7-8-22)29-23-14-24(34)25(35)15-27(23)44-17-33(29)10-11-33/h6,9,14-16,22,29-30H,7-8,10-13,17-18H2,1-5H3,(H,37,41)(H,38,42)/t29?,30-/m0/s1. The average molecular weight is 654 g/mol. The fourth-order valence-electron chi connectivity index (χ4n) is 6.06. The molecule has 10 nitrogen and oxygen atoms in total. The Balaban J connectivity index is 1.21. The van der Waals surface area contributed by atoms with Gasteiger partial charge in [0.15, 0.2) is 11.6 Å². The average Bonchev–Trinajstić information content (AvgIpc) is 3.93. The van der Waals surface area contributed by atoms with Crippen LogP contribution >= 0.6 is 0 Å². The number of pyridine rings is 1. The summed E-state index contributed by atoms with van der Waals surface area (Å²) in [6, 6.07) is 5.55. The molecule has 3 aromatic rings. The molecule has 2 N–H and O–H groups in total. The number of hydrogen-bond acceptors (Lipinski definition) is 7. The lowest BCUT2D eigenvalue weighted by Crippen LogP contribution is -2.52. The van der Waals surface area contributed by atoms with E-state index in [9.17, 15) is 18.4 Å². The van der Waals surface area contributed by atoms with E-state index in [2.05, 4.69) is 40.4 Å². The van der Waals surface area contributed by atoms with E-state index >= 15 is 0 Å². The van der Waals surface area contributed by atoms with E-state index in [4.69, 9.17) is 14.2 Å². The fourth-order valence-corrected chi connectivity index (χ4v) is 6.82. The maximum Gasteiger partial charge on any atom is 0.408 e. The molecule has 1 aromatic carbocycles. The van der Waals surface area contributed by atoms with Crippen molar-refractivity contribution in [2.45, 2.75) is 90.0 Å². The van der Waals surface area contributed by atoms with Crippen LogP contribution < -0.4 is 15.4 Å². The van der Waals surface area contributed by atoms with Crippen molar-refractivity contribution in [1.29, 1.82) is 0 Å². The van der Waals surface area contributed by atoms with Crippen molar-refractivity contribution in [3.8, 4) is 17.0 Å². The van der Waals surface area contributed by atoms with Crippen molar-refractivity contribution >= 4 is 25.8 Å². The largest absolute Gasteiger partial charge is 0.493 e. The SMILES string of the molecule is Cc1nn(COCC[Si](C)(C)C)c(C)c1-c1ccc(NC(=O)[C@@H](NC(=O)OC2CC2)C2c3cc(F)c(F)cc3OCC23CC3)cn1. The Labute approximate surface area is 268 Å². The summed E-state index contributed by atoms with van der Waals surface area (Å²) >= 11 is 0. The zero-order valence-corrected chi connectivity index (χ0v) is 27.9. The highest BCUT2D eigenvalue weighted by atomic mass is 28.3. The summed E-state index contributed by atoms with van der Waals surface area (Å²) in [5, 5.41) is 10.3. The molecule has 46 heavy (non-hydrogen) atoms. The Hall–Kier alpha value is -3.84. The van der Waals surface area contributed by atoms with E-state index in [-0.39, 0.29) is 18.5 Å². The molecule has 6 rings (SSSR count). The summed E-state index contributed by atoms with van der Waals surface area (Å²) in [5.41, 5.74) is 3.57. The van der Waals surface area contributed by atoms with Crippen molar-refractivity contribution in [2.24, 2.45) is 5.41 Å². The molecule has 2 aliphatic carbocycles. The number of alkyl carbamates (subject to hydrolysis) is 1. The highest BCUT2D eigenvalue weighted by Crippen LogP contribution is 2.61. The second-order valence-corrected chi connectivity index (χ2v) is 19.6. The van der Waals surface area contributed by atoms with Crippen LogP contribution in [0.5, 0.6) is 5.75 Å². The molecule has 1 unspecified atom stereocenters. The first-order chi connectivity index (χ1) is 21.8. The lowest BCUT2D eigenvalue weighted by molar-refractivity contribution is -0.119. The van der Waals surface area contributed by atoms with Gasteiger partial charge in [0.2, 0.25) is 5.91 Å². The van der Waals surface area contributed by atoms with E-state index in [0.29, 0.717) is 43.1 Å². The third kappa shape index (κ3) is 6.94. The summed E-state index contributed by atoms with van der Waals surface area (Å²) in [6.07, 6.45) is 3.59. The summed E-state index contributed by atoms with van der Waals surface area (Å²) in [6.45, 7) is 12.1. The quantitative estimate of drug-likeness (QED) is 0.184. The van der Waals surface area contributed by atoms with Gasteiger partial charge in [-0.15, -0.1) is 0 Å². The van der Waals surface area contributed by atoms with Gasteiger partial charge in [-0.05, 0) is 63.8 Å². The number of benzene rings is 1. The van der Waals surface area contributed by atoms with Crippen LogP contribution in [-0.4, -0.2) is 60.2 Å². The zero-order valence-electron chi connectivity index (χ0n) is 26.9. The highest BCUT2D eigenvalue weighted by molar-refractivity contribution is 6.76. The Bertz CT molecular complexity index is 1630. The molecule has 2 fully saturated rings. The van der Waals surface area contributed by atoms with Gasteiger partial charge in [-0.2, -0.15) is 5.10 Å². The number of amides is 2. The molecule has 13 heteroatoms. The lowest BCUT2D eigenvalue weighted by atomic mass is 9.76. The molecule has 2 aromatic heterocycles. The van der Waals surface area contributed by atoms with Gasteiger partial charge in [-0.3, -0.25) is 9.78 Å². The number of nitrogens with zero attached hydrogens (tertiary/aromatic N) is 3. The number of aromatic nitrogens is 3. The van der Waals surface area contributed by atoms with E-state index in [1.165, 1.54) is 0 Å². The van der Waals surface area contributed by atoms with Crippen LogP contribution in [0, 0.1) is 30.9 Å². The molecule has 2 saturated carbocycles. The number of carbonyl (C=O) groups is 2. The van der Waals surface area contributed by atoms with Crippen molar-refractivity contribution < 1.29 is 32.6 Å². The highest BCUT2D eigenvalue weighted by Gasteiger charge is 2.58. The minimum absolute atomic E-state index is 0.162. The molecular formula is C33H41F2N5O5Si. The summed E-state index contributed by atoms with van der Waals surface area (Å²) in [4.78, 5) is 31.4. The third-order valence-electron chi connectivity index (χ3n) is 9.02. The first-order valence-corrected chi connectivity index (χ1v) is 19.5. The van der Waals surface area contributed by atoms with Crippen LogP contribution in [0.4, 0.5) is 19.3 Å². The van der Waals surface area contributed by atoms with Gasteiger partial charge in [0.05, 0.1) is 29.9 Å². The second kappa shape index (κ2) is 12.4. The van der Waals surface area contributed by atoms with Crippen molar-refractivity contribution in [1.82, 2.24) is 20.1 Å². The van der Waals surface area contributed by atoms with Gasteiger partial charge in [0.25, 0.3) is 0 Å². The van der Waals surface area contributed by atoms with Crippen LogP contribution in [0.3, 0.4) is 0 Å². The Morgan fingerprint density at radius 2 is 1.89 bits per heavy atom. The Morgan fingerprint density at radius 1 is 1.15 bits per heavy atom. The van der Waals surface area contributed by atoms with Crippen molar-refractivity contribution in [3.05, 3.63) is 59.0 Å². The Morgan fingerprint density at radius 3 is 2.54 bits per heavy atom.